The second-order valence-corrected chi connectivity index (χ2v) is 10.1. The van der Waals surface area contributed by atoms with Crippen molar-refractivity contribution >= 4 is 17.4 Å². The van der Waals surface area contributed by atoms with Gasteiger partial charge in [0, 0.05) is 18.7 Å². The first-order valence-corrected chi connectivity index (χ1v) is 13.1. The first kappa shape index (κ1) is 29.0. The lowest BCUT2D eigenvalue weighted by molar-refractivity contribution is -0.140. The maximum atomic E-state index is 13.3. The van der Waals surface area contributed by atoms with E-state index in [2.05, 4.69) is 13.8 Å². The number of likely N-dealkylation sites (tertiary alicyclic amines) is 1. The van der Waals surface area contributed by atoms with Crippen molar-refractivity contribution in [1.29, 1.82) is 0 Å². The fourth-order valence-corrected chi connectivity index (χ4v) is 4.23. The highest BCUT2D eigenvalue weighted by Gasteiger charge is 2.46. The second-order valence-electron chi connectivity index (χ2n) is 10.1. The number of carbonyl (C=O) groups is 2. The molecule has 0 radical (unpaired) electrons. The highest BCUT2D eigenvalue weighted by atomic mass is 16.5. The molecule has 0 aliphatic carbocycles. The number of ketones is 1. The van der Waals surface area contributed by atoms with Gasteiger partial charge in [-0.2, -0.15) is 0 Å². The van der Waals surface area contributed by atoms with Gasteiger partial charge in [0.15, 0.2) is 11.5 Å². The molecule has 1 aliphatic heterocycles. The third-order valence-electron chi connectivity index (χ3n) is 6.38. The number of Topliss-reactive ketones (excluding diaryl/α,β-unsaturated/α-hetero) is 1. The number of methoxy groups -OCH3 is 1. The monoisotopic (exact) mass is 524 g/mol. The van der Waals surface area contributed by atoms with Crippen LogP contribution in [0.1, 0.15) is 50.8 Å². The van der Waals surface area contributed by atoms with Gasteiger partial charge in [-0.1, -0.05) is 26.8 Å². The smallest absolute Gasteiger partial charge is 0.295 e. The zero-order chi connectivity index (χ0) is 27.8. The number of nitrogens with zero attached hydrogens (tertiary/aromatic N) is 2. The summed E-state index contributed by atoms with van der Waals surface area (Å²) >= 11 is 0. The largest absolute Gasteiger partial charge is 0.507 e. The Bertz CT molecular complexity index is 1140. The molecule has 1 saturated heterocycles. The molecular weight excluding hydrogens is 484 g/mol. The molecule has 1 unspecified atom stereocenters. The van der Waals surface area contributed by atoms with Crippen LogP contribution in [-0.4, -0.2) is 74.1 Å². The van der Waals surface area contributed by atoms with Gasteiger partial charge in [0.25, 0.3) is 11.7 Å². The average molecular weight is 525 g/mol. The molecule has 1 aliphatic rings. The van der Waals surface area contributed by atoms with Gasteiger partial charge in [0.1, 0.15) is 11.5 Å². The normalized spacial score (nSPS) is 16.9. The number of rotatable bonds is 13. The minimum absolute atomic E-state index is 0.0477. The second kappa shape index (κ2) is 13.3. The Morgan fingerprint density at radius 3 is 2.34 bits per heavy atom. The summed E-state index contributed by atoms with van der Waals surface area (Å²) in [4.78, 5) is 29.9. The standard InChI is InChI=1S/C30H40N2O6/c1-7-17-37-23-11-8-21(9-12-23)28(33)26-27(32(16-15-31(4)5)30(35)29(26)34)22-10-13-24(25(19-22)36-6)38-18-14-20(2)3/h8-13,19-20,27,33H,7,14-18H2,1-6H3. The first-order valence-electron chi connectivity index (χ1n) is 13.1. The van der Waals surface area contributed by atoms with Crippen LogP contribution in [0.2, 0.25) is 0 Å². The maximum absolute atomic E-state index is 13.3. The molecule has 1 atom stereocenters. The molecule has 38 heavy (non-hydrogen) atoms. The van der Waals surface area contributed by atoms with Gasteiger partial charge < -0.3 is 29.1 Å². The van der Waals surface area contributed by atoms with Crippen LogP contribution in [0.25, 0.3) is 5.76 Å². The number of hydrogen-bond acceptors (Lipinski definition) is 7. The van der Waals surface area contributed by atoms with Crippen molar-refractivity contribution in [2.45, 2.75) is 39.7 Å². The van der Waals surface area contributed by atoms with E-state index in [0.717, 1.165) is 12.8 Å². The van der Waals surface area contributed by atoms with Gasteiger partial charge in [-0.05, 0) is 74.8 Å². The number of carbonyl (C=O) groups excluding carboxylic acids is 2. The van der Waals surface area contributed by atoms with Crippen molar-refractivity contribution in [1.82, 2.24) is 9.80 Å². The van der Waals surface area contributed by atoms with Crippen molar-refractivity contribution in [2.75, 3.05) is 47.5 Å². The summed E-state index contributed by atoms with van der Waals surface area (Å²) in [7, 11) is 5.36. The van der Waals surface area contributed by atoms with E-state index in [9.17, 15) is 14.7 Å². The highest BCUT2D eigenvalue weighted by molar-refractivity contribution is 6.46. The van der Waals surface area contributed by atoms with E-state index in [1.807, 2.05) is 32.0 Å². The fourth-order valence-electron chi connectivity index (χ4n) is 4.23. The van der Waals surface area contributed by atoms with Crippen LogP contribution in [0.3, 0.4) is 0 Å². The molecule has 0 aromatic heterocycles. The summed E-state index contributed by atoms with van der Waals surface area (Å²) in [6, 6.07) is 11.5. The summed E-state index contributed by atoms with van der Waals surface area (Å²) in [5.41, 5.74) is 1.14. The lowest BCUT2D eigenvalue weighted by Crippen LogP contribution is -2.35. The summed E-state index contributed by atoms with van der Waals surface area (Å²) in [6.45, 7) is 8.29. The summed E-state index contributed by atoms with van der Waals surface area (Å²) in [5.74, 6) is 0.685. The molecule has 1 fully saturated rings. The fraction of sp³-hybridized carbons (Fsp3) is 0.467. The number of hydrogen-bond donors (Lipinski definition) is 1. The molecule has 0 bridgehead atoms. The summed E-state index contributed by atoms with van der Waals surface area (Å²) in [5, 5.41) is 11.3. The van der Waals surface area contributed by atoms with Crippen LogP contribution in [-0.2, 0) is 9.59 Å². The predicted molar refractivity (Wildman–Crippen MR) is 148 cm³/mol. The van der Waals surface area contributed by atoms with Gasteiger partial charge >= 0.3 is 0 Å². The number of likely N-dealkylation sites (N-methyl/N-ethyl adjacent to an activating group) is 1. The third kappa shape index (κ3) is 6.86. The van der Waals surface area contributed by atoms with Crippen LogP contribution in [0.15, 0.2) is 48.0 Å². The zero-order valence-corrected chi connectivity index (χ0v) is 23.3. The summed E-state index contributed by atoms with van der Waals surface area (Å²) in [6.07, 6.45) is 1.78. The Hall–Kier alpha value is -3.52. The lowest BCUT2D eigenvalue weighted by Gasteiger charge is -2.27. The first-order chi connectivity index (χ1) is 18.2. The van der Waals surface area contributed by atoms with Crippen molar-refractivity contribution in [3.63, 3.8) is 0 Å². The number of ether oxygens (including phenoxy) is 3. The summed E-state index contributed by atoms with van der Waals surface area (Å²) < 4.78 is 17.2. The van der Waals surface area contributed by atoms with E-state index in [1.165, 1.54) is 4.90 Å². The molecular formula is C30H40N2O6. The molecule has 8 heteroatoms. The van der Waals surface area contributed by atoms with Crippen molar-refractivity contribution < 1.29 is 28.9 Å². The van der Waals surface area contributed by atoms with Crippen LogP contribution in [0.4, 0.5) is 0 Å². The van der Waals surface area contributed by atoms with Crippen LogP contribution in [0, 0.1) is 5.92 Å². The molecule has 206 valence electrons. The minimum atomic E-state index is -0.774. The van der Waals surface area contributed by atoms with Crippen molar-refractivity contribution in [3.8, 4) is 17.2 Å². The van der Waals surface area contributed by atoms with Gasteiger partial charge in [-0.3, -0.25) is 9.59 Å². The quantitative estimate of drug-likeness (QED) is 0.227. The van der Waals surface area contributed by atoms with E-state index < -0.39 is 17.7 Å². The van der Waals surface area contributed by atoms with E-state index in [0.29, 0.717) is 60.6 Å². The number of aliphatic hydroxyl groups excluding tert-OH is 1. The molecule has 8 nitrogen and oxygen atoms in total. The minimum Gasteiger partial charge on any atom is -0.507 e. The molecule has 2 aromatic rings. The Labute approximate surface area is 225 Å². The van der Waals surface area contributed by atoms with Crippen LogP contribution >= 0.6 is 0 Å². The topological polar surface area (TPSA) is 88.5 Å². The van der Waals surface area contributed by atoms with Crippen molar-refractivity contribution in [3.05, 3.63) is 59.2 Å². The van der Waals surface area contributed by atoms with Gasteiger partial charge in [0.2, 0.25) is 0 Å². The predicted octanol–water partition coefficient (Wildman–Crippen LogP) is 4.89. The van der Waals surface area contributed by atoms with Crippen molar-refractivity contribution in [2.24, 2.45) is 5.92 Å². The number of aliphatic hydroxyl groups is 1. The van der Waals surface area contributed by atoms with Gasteiger partial charge in [-0.15, -0.1) is 0 Å². The zero-order valence-electron chi connectivity index (χ0n) is 23.3. The van der Waals surface area contributed by atoms with E-state index in [-0.39, 0.29) is 11.3 Å². The Balaban J connectivity index is 2.05. The van der Waals surface area contributed by atoms with E-state index >= 15 is 0 Å². The number of amides is 1. The van der Waals surface area contributed by atoms with E-state index in [1.54, 1.807) is 43.5 Å². The van der Waals surface area contributed by atoms with Gasteiger partial charge in [-0.25, -0.2) is 0 Å². The van der Waals surface area contributed by atoms with Crippen LogP contribution < -0.4 is 14.2 Å². The molecule has 0 saturated carbocycles. The Morgan fingerprint density at radius 1 is 1.03 bits per heavy atom. The Kier molecular flexibility index (Phi) is 10.2. The molecule has 1 heterocycles. The van der Waals surface area contributed by atoms with Crippen LogP contribution in [0.5, 0.6) is 17.2 Å². The molecule has 2 aromatic carbocycles. The van der Waals surface area contributed by atoms with Gasteiger partial charge in [0.05, 0.1) is 31.9 Å². The third-order valence-corrected chi connectivity index (χ3v) is 6.38. The molecule has 1 amide bonds. The maximum Gasteiger partial charge on any atom is 0.295 e. The average Bonchev–Trinajstić information content (AvgIpc) is 3.15. The van der Waals surface area contributed by atoms with E-state index in [4.69, 9.17) is 14.2 Å². The Morgan fingerprint density at radius 2 is 1.74 bits per heavy atom. The highest BCUT2D eigenvalue weighted by Crippen LogP contribution is 2.42. The lowest BCUT2D eigenvalue weighted by atomic mass is 9.95. The number of benzene rings is 2. The SMILES string of the molecule is CCCOc1ccc(C(O)=C2C(=O)C(=O)N(CCN(C)C)C2c2ccc(OCCC(C)C)c(OC)c2)cc1. The molecule has 1 N–H and O–H groups in total. The molecule has 0 spiro atoms. The molecule has 3 rings (SSSR count).